The van der Waals surface area contributed by atoms with E-state index < -0.39 is 17.6 Å². The van der Waals surface area contributed by atoms with Crippen LogP contribution < -0.4 is 10.5 Å². The standard InChI is InChI=1S/C11H9F3N4O2/c1-20-6-4-2-3-5(11(12,13)14)7(6)8-9(10(15)19)17-18-16-8/h2-4H,1H3,(H2,15,19)(H,16,17,18). The molecule has 0 fully saturated rings. The number of carbonyl (C=O) groups is 1. The molecule has 1 amide bonds. The topological polar surface area (TPSA) is 93.9 Å². The summed E-state index contributed by atoms with van der Waals surface area (Å²) in [6.07, 6.45) is -4.64. The summed E-state index contributed by atoms with van der Waals surface area (Å²) in [7, 11) is 1.21. The Balaban J connectivity index is 2.77. The Kier molecular flexibility index (Phi) is 3.35. The van der Waals surface area contributed by atoms with E-state index in [9.17, 15) is 18.0 Å². The fourth-order valence-corrected chi connectivity index (χ4v) is 1.76. The van der Waals surface area contributed by atoms with Gasteiger partial charge in [0, 0.05) is 0 Å². The Labute approximate surface area is 110 Å². The molecule has 0 aliphatic carbocycles. The third-order valence-electron chi connectivity index (χ3n) is 2.57. The second-order valence-electron chi connectivity index (χ2n) is 3.77. The largest absolute Gasteiger partial charge is 0.496 e. The number of amides is 1. The van der Waals surface area contributed by atoms with E-state index >= 15 is 0 Å². The van der Waals surface area contributed by atoms with E-state index in [1.807, 2.05) is 0 Å². The SMILES string of the molecule is COc1cccc(C(F)(F)F)c1-c1n[nH]nc1C(N)=O. The quantitative estimate of drug-likeness (QED) is 0.896. The number of rotatable bonds is 3. The van der Waals surface area contributed by atoms with Gasteiger partial charge in [-0.1, -0.05) is 6.07 Å². The lowest BCUT2D eigenvalue weighted by Gasteiger charge is -2.14. The molecule has 0 unspecified atom stereocenters. The summed E-state index contributed by atoms with van der Waals surface area (Å²) in [5, 5.41) is 9.12. The Morgan fingerprint density at radius 2 is 2.05 bits per heavy atom. The number of hydrogen-bond donors (Lipinski definition) is 2. The molecule has 1 aromatic carbocycles. The average Bonchev–Trinajstić information content (AvgIpc) is 2.85. The minimum Gasteiger partial charge on any atom is -0.496 e. The molecule has 0 saturated carbocycles. The van der Waals surface area contributed by atoms with E-state index in [2.05, 4.69) is 15.4 Å². The second-order valence-corrected chi connectivity index (χ2v) is 3.77. The van der Waals surface area contributed by atoms with Crippen molar-refractivity contribution in [3.8, 4) is 17.0 Å². The molecular formula is C11H9F3N4O2. The van der Waals surface area contributed by atoms with Gasteiger partial charge in [-0.3, -0.25) is 4.79 Å². The molecule has 0 aliphatic heterocycles. The smallest absolute Gasteiger partial charge is 0.417 e. The molecule has 3 N–H and O–H groups in total. The fraction of sp³-hybridized carbons (Fsp3) is 0.182. The predicted molar refractivity (Wildman–Crippen MR) is 61.9 cm³/mol. The summed E-state index contributed by atoms with van der Waals surface area (Å²) >= 11 is 0. The molecule has 20 heavy (non-hydrogen) atoms. The van der Waals surface area contributed by atoms with Gasteiger partial charge < -0.3 is 10.5 Å². The number of carbonyl (C=O) groups excluding carboxylic acids is 1. The van der Waals surface area contributed by atoms with Gasteiger partial charge in [-0.15, -0.1) is 0 Å². The Morgan fingerprint density at radius 3 is 2.60 bits per heavy atom. The minimum atomic E-state index is -4.64. The normalized spacial score (nSPS) is 11.4. The van der Waals surface area contributed by atoms with Gasteiger partial charge in [-0.25, -0.2) is 0 Å². The Hall–Kier alpha value is -2.58. The van der Waals surface area contributed by atoms with Crippen LogP contribution in [0.15, 0.2) is 18.2 Å². The van der Waals surface area contributed by atoms with Crippen molar-refractivity contribution in [3.05, 3.63) is 29.5 Å². The summed E-state index contributed by atoms with van der Waals surface area (Å²) in [5.41, 5.74) is 2.99. The van der Waals surface area contributed by atoms with Crippen molar-refractivity contribution >= 4 is 5.91 Å². The molecule has 9 heteroatoms. The zero-order chi connectivity index (χ0) is 14.9. The number of methoxy groups -OCH3 is 1. The molecule has 106 valence electrons. The summed E-state index contributed by atoms with van der Waals surface area (Å²) in [4.78, 5) is 11.2. The molecule has 0 atom stereocenters. The third kappa shape index (κ3) is 2.29. The molecular weight excluding hydrogens is 277 g/mol. The maximum absolute atomic E-state index is 13.1. The molecule has 0 bridgehead atoms. The van der Waals surface area contributed by atoms with Crippen LogP contribution in [-0.2, 0) is 6.18 Å². The summed E-state index contributed by atoms with van der Waals surface area (Å²) < 4.78 is 44.1. The lowest BCUT2D eigenvalue weighted by molar-refractivity contribution is -0.137. The van der Waals surface area contributed by atoms with Crippen LogP contribution in [0.5, 0.6) is 5.75 Å². The van der Waals surface area contributed by atoms with Gasteiger partial charge in [0.05, 0.1) is 18.2 Å². The lowest BCUT2D eigenvalue weighted by atomic mass is 10.0. The number of halogens is 3. The van der Waals surface area contributed by atoms with Crippen molar-refractivity contribution in [2.75, 3.05) is 7.11 Å². The van der Waals surface area contributed by atoms with E-state index in [1.54, 1.807) is 0 Å². The number of alkyl halides is 3. The highest BCUT2D eigenvalue weighted by Gasteiger charge is 2.37. The van der Waals surface area contributed by atoms with Gasteiger partial charge in [0.2, 0.25) is 0 Å². The number of aromatic amines is 1. The molecule has 2 aromatic rings. The minimum absolute atomic E-state index is 0.0868. The van der Waals surface area contributed by atoms with Crippen molar-refractivity contribution in [2.45, 2.75) is 6.18 Å². The van der Waals surface area contributed by atoms with E-state index in [-0.39, 0.29) is 22.7 Å². The first kappa shape index (κ1) is 13.8. The number of H-pyrrole nitrogens is 1. The zero-order valence-electron chi connectivity index (χ0n) is 10.2. The average molecular weight is 286 g/mol. The first-order chi connectivity index (χ1) is 9.36. The van der Waals surface area contributed by atoms with Crippen LogP contribution in [0.3, 0.4) is 0 Å². The van der Waals surface area contributed by atoms with Gasteiger partial charge in [-0.2, -0.15) is 28.6 Å². The number of primary amides is 1. The first-order valence-electron chi connectivity index (χ1n) is 5.31. The van der Waals surface area contributed by atoms with Crippen molar-refractivity contribution < 1.29 is 22.7 Å². The highest BCUT2D eigenvalue weighted by Crippen LogP contribution is 2.41. The maximum Gasteiger partial charge on any atom is 0.417 e. The predicted octanol–water partition coefficient (Wildman–Crippen LogP) is 1.60. The molecule has 0 spiro atoms. The van der Waals surface area contributed by atoms with Crippen LogP contribution in [-0.4, -0.2) is 28.4 Å². The molecule has 2 rings (SSSR count). The number of benzene rings is 1. The highest BCUT2D eigenvalue weighted by atomic mass is 19.4. The lowest BCUT2D eigenvalue weighted by Crippen LogP contribution is -2.14. The molecule has 1 heterocycles. The van der Waals surface area contributed by atoms with Gasteiger partial charge >= 0.3 is 6.18 Å². The monoisotopic (exact) mass is 286 g/mol. The second kappa shape index (κ2) is 4.83. The van der Waals surface area contributed by atoms with E-state index in [0.717, 1.165) is 6.07 Å². The summed E-state index contributed by atoms with van der Waals surface area (Å²) in [6, 6.07) is 3.37. The number of nitrogens with one attached hydrogen (secondary N) is 1. The zero-order valence-corrected chi connectivity index (χ0v) is 10.2. The van der Waals surface area contributed by atoms with Gasteiger partial charge in [0.15, 0.2) is 5.69 Å². The molecule has 0 saturated heterocycles. The Bertz CT molecular complexity index is 651. The molecule has 0 aliphatic rings. The van der Waals surface area contributed by atoms with Crippen molar-refractivity contribution in [3.63, 3.8) is 0 Å². The van der Waals surface area contributed by atoms with Crippen LogP contribution in [0.4, 0.5) is 13.2 Å². The first-order valence-corrected chi connectivity index (χ1v) is 5.31. The number of hydrogen-bond acceptors (Lipinski definition) is 4. The fourth-order valence-electron chi connectivity index (χ4n) is 1.76. The van der Waals surface area contributed by atoms with Crippen LogP contribution in [0.1, 0.15) is 16.1 Å². The van der Waals surface area contributed by atoms with Crippen LogP contribution in [0.2, 0.25) is 0 Å². The summed E-state index contributed by atoms with van der Waals surface area (Å²) in [6.45, 7) is 0. The number of ether oxygens (including phenoxy) is 1. The molecule has 0 radical (unpaired) electrons. The number of nitrogens with two attached hydrogens (primary N) is 1. The van der Waals surface area contributed by atoms with Crippen molar-refractivity contribution in [1.29, 1.82) is 0 Å². The van der Waals surface area contributed by atoms with Gasteiger partial charge in [0.25, 0.3) is 5.91 Å². The van der Waals surface area contributed by atoms with Gasteiger partial charge in [-0.05, 0) is 12.1 Å². The maximum atomic E-state index is 13.1. The van der Waals surface area contributed by atoms with Crippen LogP contribution >= 0.6 is 0 Å². The van der Waals surface area contributed by atoms with Crippen molar-refractivity contribution in [2.24, 2.45) is 5.73 Å². The Morgan fingerprint density at radius 1 is 1.35 bits per heavy atom. The van der Waals surface area contributed by atoms with Crippen molar-refractivity contribution in [1.82, 2.24) is 15.4 Å². The van der Waals surface area contributed by atoms with E-state index in [4.69, 9.17) is 10.5 Å². The summed E-state index contributed by atoms with van der Waals surface area (Å²) in [5.74, 6) is -1.08. The number of nitrogens with zero attached hydrogens (tertiary/aromatic N) is 2. The van der Waals surface area contributed by atoms with Crippen LogP contribution in [0, 0.1) is 0 Å². The van der Waals surface area contributed by atoms with Gasteiger partial charge in [0.1, 0.15) is 11.4 Å². The molecule has 1 aromatic heterocycles. The highest BCUT2D eigenvalue weighted by molar-refractivity contribution is 5.97. The number of aromatic nitrogens is 3. The van der Waals surface area contributed by atoms with E-state index in [0.29, 0.717) is 0 Å². The van der Waals surface area contributed by atoms with E-state index in [1.165, 1.54) is 19.2 Å². The third-order valence-corrected chi connectivity index (χ3v) is 2.57. The van der Waals surface area contributed by atoms with Crippen LogP contribution in [0.25, 0.3) is 11.3 Å². The molecule has 6 nitrogen and oxygen atoms in total.